The Morgan fingerprint density at radius 2 is 1.91 bits per heavy atom. The average molecular weight is 457 g/mol. The zero-order valence-corrected chi connectivity index (χ0v) is 19.5. The summed E-state index contributed by atoms with van der Waals surface area (Å²) in [5, 5.41) is 13.9. The molecule has 0 atom stereocenters. The van der Waals surface area contributed by atoms with Gasteiger partial charge < -0.3 is 10.0 Å². The van der Waals surface area contributed by atoms with Gasteiger partial charge in [0, 0.05) is 13.6 Å². The summed E-state index contributed by atoms with van der Waals surface area (Å²) in [5.41, 5.74) is 3.46. The van der Waals surface area contributed by atoms with E-state index in [-0.39, 0.29) is 16.1 Å². The molecule has 0 aliphatic rings. The van der Waals surface area contributed by atoms with Gasteiger partial charge in [-0.25, -0.2) is 13.2 Å². The Balaban J connectivity index is 1.99. The molecule has 0 bridgehead atoms. The molecular weight excluding hydrogens is 428 g/mol. The summed E-state index contributed by atoms with van der Waals surface area (Å²) in [7, 11) is -2.07. The maximum Gasteiger partial charge on any atom is 0.335 e. The highest BCUT2D eigenvalue weighted by atomic mass is 32.2. The minimum atomic E-state index is -3.91. The van der Waals surface area contributed by atoms with Gasteiger partial charge in [0.15, 0.2) is 0 Å². The maximum absolute atomic E-state index is 13.0. The van der Waals surface area contributed by atoms with Crippen molar-refractivity contribution in [3.8, 4) is 0 Å². The van der Waals surface area contributed by atoms with Crippen LogP contribution in [-0.4, -0.2) is 36.3 Å². The smallest absolute Gasteiger partial charge is 0.335 e. The first-order valence-corrected chi connectivity index (χ1v) is 11.8. The Bertz CT molecular complexity index is 1230. The van der Waals surface area contributed by atoms with Crippen LogP contribution in [0.2, 0.25) is 0 Å². The number of benzene rings is 2. The van der Waals surface area contributed by atoms with Gasteiger partial charge in [-0.3, -0.25) is 9.40 Å². The molecule has 0 amide bonds. The number of sulfonamides is 1. The molecule has 9 heteroatoms. The van der Waals surface area contributed by atoms with E-state index in [0.29, 0.717) is 12.2 Å². The molecule has 0 saturated heterocycles. The van der Waals surface area contributed by atoms with E-state index in [1.54, 1.807) is 18.2 Å². The molecule has 2 N–H and O–H groups in total. The Kier molecular flexibility index (Phi) is 6.88. The summed E-state index contributed by atoms with van der Waals surface area (Å²) in [6.45, 7) is 7.07. The Labute approximate surface area is 188 Å². The fraction of sp³-hybridized carbons (Fsp3) is 0.304. The summed E-state index contributed by atoms with van der Waals surface area (Å²) >= 11 is 0. The standard InChI is InChI=1S/C23H28N4O4S/c1-5-11-27-19(13-17(3)24-27)15-26(4)22-10-9-18(23(28)29)14-21(22)25-32(30,31)20-8-6-7-16(2)12-20/h6-10,12-14,25H,5,11,15H2,1-4H3,(H,28,29). The molecule has 3 aromatic rings. The third-order valence-corrected chi connectivity index (χ3v) is 6.38. The van der Waals surface area contributed by atoms with E-state index in [9.17, 15) is 18.3 Å². The lowest BCUT2D eigenvalue weighted by Crippen LogP contribution is -2.22. The van der Waals surface area contributed by atoms with Crippen LogP contribution in [0.3, 0.4) is 0 Å². The number of rotatable bonds is 9. The first-order chi connectivity index (χ1) is 15.1. The first kappa shape index (κ1) is 23.3. The van der Waals surface area contributed by atoms with E-state index in [1.165, 1.54) is 18.2 Å². The Hall–Kier alpha value is -3.33. The van der Waals surface area contributed by atoms with Crippen molar-refractivity contribution in [3.05, 3.63) is 71.0 Å². The van der Waals surface area contributed by atoms with Crippen molar-refractivity contribution in [1.82, 2.24) is 9.78 Å². The minimum absolute atomic E-state index is 0.00374. The fourth-order valence-corrected chi connectivity index (χ4v) is 4.70. The van der Waals surface area contributed by atoms with E-state index in [1.807, 2.05) is 42.6 Å². The molecule has 0 saturated carbocycles. The van der Waals surface area contributed by atoms with Crippen molar-refractivity contribution in [2.45, 2.75) is 45.2 Å². The molecule has 3 rings (SSSR count). The zero-order valence-electron chi connectivity index (χ0n) is 18.7. The van der Waals surface area contributed by atoms with Crippen LogP contribution in [-0.2, 0) is 23.1 Å². The van der Waals surface area contributed by atoms with E-state index in [2.05, 4.69) is 16.7 Å². The zero-order chi connectivity index (χ0) is 23.5. The van der Waals surface area contributed by atoms with Gasteiger partial charge in [-0.2, -0.15) is 5.10 Å². The normalized spacial score (nSPS) is 11.4. The number of nitrogens with zero attached hydrogens (tertiary/aromatic N) is 3. The predicted molar refractivity (Wildman–Crippen MR) is 125 cm³/mol. The van der Waals surface area contributed by atoms with E-state index < -0.39 is 16.0 Å². The van der Waals surface area contributed by atoms with Crippen molar-refractivity contribution >= 4 is 27.4 Å². The third-order valence-electron chi connectivity index (χ3n) is 5.02. The lowest BCUT2D eigenvalue weighted by Gasteiger charge is -2.24. The largest absolute Gasteiger partial charge is 0.478 e. The van der Waals surface area contributed by atoms with E-state index in [4.69, 9.17) is 0 Å². The SMILES string of the molecule is CCCn1nc(C)cc1CN(C)c1ccc(C(=O)O)cc1NS(=O)(=O)c1cccc(C)c1. The third kappa shape index (κ3) is 5.28. The topological polar surface area (TPSA) is 105 Å². The van der Waals surface area contributed by atoms with Crippen molar-refractivity contribution in [2.75, 3.05) is 16.7 Å². The maximum atomic E-state index is 13.0. The van der Waals surface area contributed by atoms with Crippen molar-refractivity contribution in [2.24, 2.45) is 0 Å². The lowest BCUT2D eigenvalue weighted by molar-refractivity contribution is 0.0697. The molecule has 2 aromatic carbocycles. The Morgan fingerprint density at radius 1 is 1.16 bits per heavy atom. The van der Waals surface area contributed by atoms with Crippen LogP contribution in [0.5, 0.6) is 0 Å². The van der Waals surface area contributed by atoms with Crippen LogP contribution in [0, 0.1) is 13.8 Å². The summed E-state index contributed by atoms with van der Waals surface area (Å²) in [6, 6.07) is 13.0. The molecule has 0 radical (unpaired) electrons. The number of carboxylic acids is 1. The molecule has 170 valence electrons. The number of aromatic carboxylic acids is 1. The van der Waals surface area contributed by atoms with Gasteiger partial charge in [0.2, 0.25) is 0 Å². The van der Waals surface area contributed by atoms with Gasteiger partial charge in [-0.05, 0) is 62.2 Å². The molecule has 8 nitrogen and oxygen atoms in total. The number of hydrogen-bond donors (Lipinski definition) is 2. The van der Waals surface area contributed by atoms with Crippen molar-refractivity contribution < 1.29 is 18.3 Å². The number of carbonyl (C=O) groups is 1. The van der Waals surface area contributed by atoms with Gasteiger partial charge in [0.25, 0.3) is 10.0 Å². The van der Waals surface area contributed by atoms with Gasteiger partial charge in [-0.15, -0.1) is 0 Å². The molecule has 1 heterocycles. The molecule has 0 spiro atoms. The summed E-state index contributed by atoms with van der Waals surface area (Å²) in [5.74, 6) is -1.13. The molecule has 0 fully saturated rings. The van der Waals surface area contributed by atoms with Gasteiger partial charge in [-0.1, -0.05) is 19.1 Å². The highest BCUT2D eigenvalue weighted by Gasteiger charge is 2.20. The number of anilines is 2. The van der Waals surface area contributed by atoms with Crippen LogP contribution in [0.25, 0.3) is 0 Å². The monoisotopic (exact) mass is 456 g/mol. The van der Waals surface area contributed by atoms with Crippen molar-refractivity contribution in [1.29, 1.82) is 0 Å². The summed E-state index contributed by atoms with van der Waals surface area (Å²) < 4.78 is 30.6. The quantitative estimate of drug-likeness (QED) is 0.503. The van der Waals surface area contributed by atoms with Gasteiger partial charge >= 0.3 is 5.97 Å². The summed E-state index contributed by atoms with van der Waals surface area (Å²) in [6.07, 6.45) is 0.937. The van der Waals surface area contributed by atoms with Crippen LogP contribution < -0.4 is 9.62 Å². The molecule has 32 heavy (non-hydrogen) atoms. The van der Waals surface area contributed by atoms with Gasteiger partial charge in [0.05, 0.1) is 39.8 Å². The van der Waals surface area contributed by atoms with Crippen LogP contribution in [0.1, 0.15) is 40.7 Å². The van der Waals surface area contributed by atoms with Crippen LogP contribution in [0.4, 0.5) is 11.4 Å². The molecule has 0 aliphatic heterocycles. The van der Waals surface area contributed by atoms with Gasteiger partial charge in [0.1, 0.15) is 0 Å². The highest BCUT2D eigenvalue weighted by Crippen LogP contribution is 2.30. The number of carboxylic acid groups (broad SMARTS) is 1. The molecular formula is C23H28N4O4S. The fourth-order valence-electron chi connectivity index (χ4n) is 3.53. The van der Waals surface area contributed by atoms with Crippen LogP contribution in [0.15, 0.2) is 53.4 Å². The first-order valence-electron chi connectivity index (χ1n) is 10.3. The van der Waals surface area contributed by atoms with E-state index in [0.717, 1.165) is 29.9 Å². The number of nitrogens with one attached hydrogen (secondary N) is 1. The lowest BCUT2D eigenvalue weighted by atomic mass is 10.1. The second-order valence-corrected chi connectivity index (χ2v) is 9.50. The number of hydrogen-bond acceptors (Lipinski definition) is 5. The van der Waals surface area contributed by atoms with Crippen molar-refractivity contribution in [3.63, 3.8) is 0 Å². The summed E-state index contributed by atoms with van der Waals surface area (Å²) in [4.78, 5) is 13.5. The van der Waals surface area contributed by atoms with Crippen LogP contribution >= 0.6 is 0 Å². The highest BCUT2D eigenvalue weighted by molar-refractivity contribution is 7.92. The predicted octanol–water partition coefficient (Wildman–Crippen LogP) is 4.05. The number of aromatic nitrogens is 2. The second-order valence-electron chi connectivity index (χ2n) is 7.82. The molecule has 1 aromatic heterocycles. The Morgan fingerprint density at radius 3 is 2.56 bits per heavy atom. The second kappa shape index (κ2) is 9.44. The number of aryl methyl sites for hydroxylation is 3. The molecule has 0 aliphatic carbocycles. The minimum Gasteiger partial charge on any atom is -0.478 e. The average Bonchev–Trinajstić information content (AvgIpc) is 3.06. The molecule has 0 unspecified atom stereocenters. The van der Waals surface area contributed by atoms with E-state index >= 15 is 0 Å².